The summed E-state index contributed by atoms with van der Waals surface area (Å²) in [5.41, 5.74) is 0. The summed E-state index contributed by atoms with van der Waals surface area (Å²) in [4.78, 5) is 16.3. The number of aliphatic hydroxyl groups excluding tert-OH is 1. The Labute approximate surface area is 104 Å². The third-order valence-corrected chi connectivity index (χ3v) is 3.98. The van der Waals surface area contributed by atoms with Crippen molar-refractivity contribution in [2.75, 3.05) is 26.2 Å². The Morgan fingerprint density at radius 1 is 1.12 bits per heavy atom. The number of carbonyl (C=O) groups is 1. The maximum absolute atomic E-state index is 12.4. The first-order valence-electron chi connectivity index (χ1n) is 6.99. The molecule has 1 N–H and O–H groups in total. The second kappa shape index (κ2) is 6.24. The number of hydrogen-bond donors (Lipinski definition) is 1. The zero-order valence-corrected chi connectivity index (χ0v) is 10.6. The van der Waals surface area contributed by atoms with Gasteiger partial charge in [-0.05, 0) is 32.1 Å². The Morgan fingerprint density at radius 3 is 2.24 bits per heavy atom. The average molecular weight is 240 g/mol. The van der Waals surface area contributed by atoms with Crippen LogP contribution in [-0.2, 0) is 0 Å². The molecule has 2 aliphatic rings. The number of likely N-dealkylation sites (tertiary alicyclic amines) is 1. The van der Waals surface area contributed by atoms with Crippen molar-refractivity contribution in [3.63, 3.8) is 0 Å². The number of hydrogen-bond acceptors (Lipinski definition) is 2. The molecule has 0 aromatic heterocycles. The van der Waals surface area contributed by atoms with Crippen LogP contribution in [0.25, 0.3) is 0 Å². The zero-order chi connectivity index (χ0) is 12.1. The third-order valence-electron chi connectivity index (χ3n) is 3.98. The van der Waals surface area contributed by atoms with Crippen molar-refractivity contribution < 1.29 is 9.90 Å². The largest absolute Gasteiger partial charge is 0.395 e. The minimum Gasteiger partial charge on any atom is -0.395 e. The molecule has 0 atom stereocenters. The molecule has 0 unspecified atom stereocenters. The predicted molar refractivity (Wildman–Crippen MR) is 66.9 cm³/mol. The van der Waals surface area contributed by atoms with Gasteiger partial charge in [-0.15, -0.1) is 0 Å². The molecule has 0 radical (unpaired) electrons. The lowest BCUT2D eigenvalue weighted by molar-refractivity contribution is 0.0925. The second-order valence-electron chi connectivity index (χ2n) is 5.19. The van der Waals surface area contributed by atoms with Crippen LogP contribution in [0.5, 0.6) is 0 Å². The van der Waals surface area contributed by atoms with Crippen LogP contribution >= 0.6 is 0 Å². The Hall–Kier alpha value is -0.770. The highest BCUT2D eigenvalue weighted by Gasteiger charge is 2.31. The summed E-state index contributed by atoms with van der Waals surface area (Å²) in [5, 5.41) is 9.10. The molecule has 0 spiro atoms. The van der Waals surface area contributed by atoms with E-state index in [4.69, 9.17) is 5.11 Å². The summed E-state index contributed by atoms with van der Waals surface area (Å²) in [6, 6.07) is 0.545. The quantitative estimate of drug-likeness (QED) is 0.818. The van der Waals surface area contributed by atoms with Crippen molar-refractivity contribution in [2.24, 2.45) is 0 Å². The summed E-state index contributed by atoms with van der Waals surface area (Å²) in [6.45, 7) is 2.37. The minimum atomic E-state index is 0.0794. The molecule has 1 aliphatic heterocycles. The third kappa shape index (κ3) is 3.12. The van der Waals surface area contributed by atoms with E-state index in [0.29, 0.717) is 12.6 Å². The van der Waals surface area contributed by atoms with Gasteiger partial charge in [0, 0.05) is 25.7 Å². The topological polar surface area (TPSA) is 43.8 Å². The van der Waals surface area contributed by atoms with Crippen molar-refractivity contribution in [1.82, 2.24) is 9.80 Å². The molecular weight excluding hydrogens is 216 g/mol. The number of nitrogens with zero attached hydrogens (tertiary/aromatic N) is 2. The molecule has 1 heterocycles. The van der Waals surface area contributed by atoms with E-state index in [9.17, 15) is 4.79 Å². The van der Waals surface area contributed by atoms with Crippen LogP contribution in [0, 0.1) is 0 Å². The van der Waals surface area contributed by atoms with E-state index in [0.717, 1.165) is 38.8 Å². The van der Waals surface area contributed by atoms with Crippen molar-refractivity contribution in [1.29, 1.82) is 0 Å². The molecule has 2 rings (SSSR count). The monoisotopic (exact) mass is 240 g/mol. The molecule has 2 fully saturated rings. The van der Waals surface area contributed by atoms with Crippen molar-refractivity contribution in [3.8, 4) is 0 Å². The van der Waals surface area contributed by atoms with Gasteiger partial charge in [0.1, 0.15) is 0 Å². The molecular formula is C13H24N2O2. The first kappa shape index (κ1) is 12.7. The molecule has 1 aliphatic carbocycles. The molecule has 1 saturated heterocycles. The first-order valence-corrected chi connectivity index (χ1v) is 6.99. The molecule has 2 amide bonds. The van der Waals surface area contributed by atoms with Gasteiger partial charge in [0.05, 0.1) is 6.61 Å². The fourth-order valence-electron chi connectivity index (χ4n) is 2.68. The van der Waals surface area contributed by atoms with Gasteiger partial charge in [-0.3, -0.25) is 0 Å². The van der Waals surface area contributed by atoms with Gasteiger partial charge in [0.2, 0.25) is 0 Å². The highest BCUT2D eigenvalue weighted by Crippen LogP contribution is 2.26. The van der Waals surface area contributed by atoms with Crippen molar-refractivity contribution in [2.45, 2.75) is 51.0 Å². The van der Waals surface area contributed by atoms with Crippen LogP contribution in [-0.4, -0.2) is 53.2 Å². The number of amides is 2. The van der Waals surface area contributed by atoms with E-state index < -0.39 is 0 Å². The molecule has 0 bridgehead atoms. The van der Waals surface area contributed by atoms with Gasteiger partial charge >= 0.3 is 6.03 Å². The van der Waals surface area contributed by atoms with Crippen LogP contribution in [0.15, 0.2) is 0 Å². The Kier molecular flexibility index (Phi) is 4.66. The fraction of sp³-hybridized carbons (Fsp3) is 0.923. The minimum absolute atomic E-state index is 0.0794. The summed E-state index contributed by atoms with van der Waals surface area (Å²) in [6.07, 6.45) is 8.19. The average Bonchev–Trinajstić information content (AvgIpc) is 2.53. The second-order valence-corrected chi connectivity index (χ2v) is 5.19. The highest BCUT2D eigenvalue weighted by atomic mass is 16.3. The van der Waals surface area contributed by atoms with Crippen molar-refractivity contribution >= 4 is 6.03 Å². The lowest BCUT2D eigenvalue weighted by Gasteiger charge is -2.40. The van der Waals surface area contributed by atoms with E-state index >= 15 is 0 Å². The normalized spacial score (nSPS) is 21.8. The maximum Gasteiger partial charge on any atom is 0.320 e. The number of carbonyl (C=O) groups excluding carboxylic acids is 1. The van der Waals surface area contributed by atoms with Gasteiger partial charge in [0.15, 0.2) is 0 Å². The molecule has 1 saturated carbocycles. The zero-order valence-electron chi connectivity index (χ0n) is 10.6. The molecule has 0 aromatic rings. The lowest BCUT2D eigenvalue weighted by atomic mass is 9.91. The Morgan fingerprint density at radius 2 is 1.76 bits per heavy atom. The molecule has 4 nitrogen and oxygen atoms in total. The molecule has 17 heavy (non-hydrogen) atoms. The van der Waals surface area contributed by atoms with Gasteiger partial charge in [0.25, 0.3) is 0 Å². The number of rotatable bonds is 3. The summed E-state index contributed by atoms with van der Waals surface area (Å²) >= 11 is 0. The number of aliphatic hydroxyl groups is 1. The van der Waals surface area contributed by atoms with E-state index in [1.807, 2.05) is 9.80 Å². The fourth-order valence-corrected chi connectivity index (χ4v) is 2.68. The maximum atomic E-state index is 12.4. The lowest BCUT2D eigenvalue weighted by Crippen LogP contribution is -2.51. The smallest absolute Gasteiger partial charge is 0.320 e. The van der Waals surface area contributed by atoms with Crippen LogP contribution in [0.1, 0.15) is 44.9 Å². The Bertz CT molecular complexity index is 246. The van der Waals surface area contributed by atoms with Crippen molar-refractivity contribution in [3.05, 3.63) is 0 Å². The standard InChI is InChI=1S/C13H24N2O2/c16-11-10-15(12-6-5-7-12)13(17)14-8-3-1-2-4-9-14/h12,16H,1-11H2. The van der Waals surface area contributed by atoms with E-state index in [1.54, 1.807) is 0 Å². The molecule has 4 heteroatoms. The summed E-state index contributed by atoms with van der Waals surface area (Å²) in [5.74, 6) is 0. The summed E-state index contributed by atoms with van der Waals surface area (Å²) < 4.78 is 0. The SMILES string of the molecule is O=C(N1CCCCCC1)N(CCO)C1CCC1. The van der Waals surface area contributed by atoms with E-state index in [-0.39, 0.29) is 12.6 Å². The molecule has 98 valence electrons. The highest BCUT2D eigenvalue weighted by molar-refractivity contribution is 5.75. The predicted octanol–water partition coefficient (Wildman–Crippen LogP) is 1.83. The Balaban J connectivity index is 1.93. The van der Waals surface area contributed by atoms with Gasteiger partial charge < -0.3 is 14.9 Å². The van der Waals surface area contributed by atoms with Gasteiger partial charge in [-0.1, -0.05) is 12.8 Å². The van der Waals surface area contributed by atoms with Gasteiger partial charge in [-0.25, -0.2) is 4.79 Å². The van der Waals surface area contributed by atoms with Crippen LogP contribution in [0.3, 0.4) is 0 Å². The first-order chi connectivity index (χ1) is 8.33. The number of urea groups is 1. The van der Waals surface area contributed by atoms with Crippen LogP contribution < -0.4 is 0 Å². The molecule has 0 aromatic carbocycles. The van der Waals surface area contributed by atoms with E-state index in [1.165, 1.54) is 19.3 Å². The van der Waals surface area contributed by atoms with Gasteiger partial charge in [-0.2, -0.15) is 0 Å². The van der Waals surface area contributed by atoms with E-state index in [2.05, 4.69) is 0 Å². The van der Waals surface area contributed by atoms with Crippen LogP contribution in [0.4, 0.5) is 4.79 Å². The summed E-state index contributed by atoms with van der Waals surface area (Å²) in [7, 11) is 0. The van der Waals surface area contributed by atoms with Crippen LogP contribution in [0.2, 0.25) is 0 Å².